The molecule has 3 aromatic rings. The Morgan fingerprint density at radius 1 is 0.528 bits per heavy atom. The van der Waals surface area contributed by atoms with Crippen LogP contribution in [0.5, 0.6) is 0 Å². The molecule has 0 radical (unpaired) electrons. The van der Waals surface area contributed by atoms with Crippen LogP contribution in [0.4, 0.5) is 0 Å². The Kier molecular flexibility index (Phi) is 6.62. The van der Waals surface area contributed by atoms with Gasteiger partial charge in [0.15, 0.2) is 0 Å². The van der Waals surface area contributed by atoms with Crippen molar-refractivity contribution >= 4 is 31.5 Å². The second-order valence-corrected chi connectivity index (χ2v) is 12.3. The molecule has 0 amide bonds. The van der Waals surface area contributed by atoms with E-state index in [1.807, 2.05) is 38.1 Å². The van der Waals surface area contributed by atoms with Crippen LogP contribution in [0, 0.1) is 41.5 Å². The number of hydrogen-bond acceptors (Lipinski definition) is 4. The van der Waals surface area contributed by atoms with Gasteiger partial charge in [0, 0.05) is 11.1 Å². The Morgan fingerprint density at radius 2 is 0.833 bits per heavy atom. The van der Waals surface area contributed by atoms with Crippen LogP contribution in [0.15, 0.2) is 79.3 Å². The molecule has 4 rings (SSSR count). The smallest absolute Gasteiger partial charge is 0.199 e. The second-order valence-electron chi connectivity index (χ2n) is 9.24. The normalized spacial score (nSPS) is 15.9. The fourth-order valence-corrected chi connectivity index (χ4v) is 7.81. The first kappa shape index (κ1) is 25.7. The first-order valence-electron chi connectivity index (χ1n) is 11.4. The first-order chi connectivity index (χ1) is 16.8. The third-order valence-electron chi connectivity index (χ3n) is 6.04. The molecule has 36 heavy (non-hydrogen) atoms. The van der Waals surface area contributed by atoms with Gasteiger partial charge >= 0.3 is 0 Å². The van der Waals surface area contributed by atoms with Crippen LogP contribution in [0.3, 0.4) is 0 Å². The average Bonchev–Trinajstić information content (AvgIpc) is 2.73. The van der Waals surface area contributed by atoms with Crippen molar-refractivity contribution in [3.05, 3.63) is 105 Å². The van der Waals surface area contributed by atoms with Crippen molar-refractivity contribution in [3.8, 4) is 0 Å². The van der Waals surface area contributed by atoms with Crippen molar-refractivity contribution in [1.82, 2.24) is 0 Å². The van der Waals surface area contributed by atoms with Gasteiger partial charge in [-0.1, -0.05) is 59.7 Å². The minimum atomic E-state index is -4.01. The van der Waals surface area contributed by atoms with E-state index in [0.29, 0.717) is 33.4 Å². The van der Waals surface area contributed by atoms with Gasteiger partial charge in [0.1, 0.15) is 0 Å². The van der Waals surface area contributed by atoms with Crippen LogP contribution >= 0.6 is 0 Å². The summed E-state index contributed by atoms with van der Waals surface area (Å²) >= 11 is 0. The summed E-state index contributed by atoms with van der Waals surface area (Å²) in [4.78, 5) is 0.359. The third-order valence-corrected chi connectivity index (χ3v) is 9.23. The van der Waals surface area contributed by atoms with E-state index in [9.17, 15) is 16.8 Å². The lowest BCUT2D eigenvalue weighted by Gasteiger charge is -2.16. The minimum absolute atomic E-state index is 0.179. The topological polar surface area (TPSA) is 93.0 Å². The number of hydrogen-bond donors (Lipinski definition) is 0. The average molecular weight is 521 g/mol. The van der Waals surface area contributed by atoms with E-state index < -0.39 is 20.0 Å². The van der Waals surface area contributed by atoms with Gasteiger partial charge < -0.3 is 0 Å². The summed E-state index contributed by atoms with van der Waals surface area (Å²) in [5, 5.41) is 0. The molecule has 186 valence electrons. The number of fused-ring (bicyclic) bond motifs is 1. The van der Waals surface area contributed by atoms with Gasteiger partial charge in [-0.2, -0.15) is 25.6 Å². The van der Waals surface area contributed by atoms with Gasteiger partial charge in [-0.25, -0.2) is 0 Å². The van der Waals surface area contributed by atoms with Crippen molar-refractivity contribution in [2.45, 2.75) is 51.3 Å². The molecule has 0 unspecified atom stereocenters. The molecule has 0 bridgehead atoms. The van der Waals surface area contributed by atoms with Crippen LogP contribution in [0.25, 0.3) is 0 Å². The molecule has 0 aromatic heterocycles. The summed E-state index contributed by atoms with van der Waals surface area (Å²) in [5.74, 6) is 0. The number of allylic oxidation sites excluding steroid dienone is 2. The van der Waals surface area contributed by atoms with Gasteiger partial charge in [-0.15, -0.1) is 0 Å². The fourth-order valence-electron chi connectivity index (χ4n) is 4.92. The molecular weight excluding hydrogens is 492 g/mol. The molecule has 1 aliphatic carbocycles. The van der Waals surface area contributed by atoms with E-state index in [-0.39, 0.29) is 21.2 Å². The highest BCUT2D eigenvalue weighted by atomic mass is 32.2. The molecule has 6 nitrogen and oxygen atoms in total. The SMILES string of the molecule is Cc1cc(C)c(S(=O)(=O)/N=C2C=C/C(=N\S(=O)(=O)c3c(C)cc(C)cc3C)c3ccccc3\2)c(C)c1. The first-order valence-corrected chi connectivity index (χ1v) is 14.3. The maximum Gasteiger partial charge on any atom is 0.283 e. The van der Waals surface area contributed by atoms with Crippen LogP contribution in [-0.2, 0) is 20.0 Å². The van der Waals surface area contributed by atoms with Gasteiger partial charge in [-0.3, -0.25) is 0 Å². The molecule has 0 aliphatic heterocycles. The van der Waals surface area contributed by atoms with Crippen molar-refractivity contribution in [2.75, 3.05) is 0 Å². The predicted octanol–water partition coefficient (Wildman–Crippen LogP) is 5.46. The van der Waals surface area contributed by atoms with Crippen molar-refractivity contribution in [3.63, 3.8) is 0 Å². The fraction of sp³-hybridized carbons (Fsp3) is 0.214. The highest BCUT2D eigenvalue weighted by Gasteiger charge is 2.25. The Labute approximate surface area is 213 Å². The lowest BCUT2D eigenvalue weighted by molar-refractivity contribution is 0.595. The molecule has 0 atom stereocenters. The molecule has 8 heteroatoms. The number of nitrogens with zero attached hydrogens (tertiary/aromatic N) is 2. The van der Waals surface area contributed by atoms with Gasteiger partial charge in [0.05, 0.1) is 21.2 Å². The molecular formula is C28H28N2O4S2. The summed E-state index contributed by atoms with van der Waals surface area (Å²) < 4.78 is 61.6. The van der Waals surface area contributed by atoms with Gasteiger partial charge in [0.2, 0.25) is 0 Å². The van der Waals surface area contributed by atoms with E-state index in [0.717, 1.165) is 11.1 Å². The van der Waals surface area contributed by atoms with Crippen molar-refractivity contribution in [2.24, 2.45) is 8.80 Å². The maximum absolute atomic E-state index is 13.3. The number of sulfonamides is 2. The highest BCUT2D eigenvalue weighted by molar-refractivity contribution is 7.90. The van der Waals surface area contributed by atoms with Crippen LogP contribution in [0.2, 0.25) is 0 Å². The zero-order valence-corrected chi connectivity index (χ0v) is 22.8. The molecule has 0 heterocycles. The monoisotopic (exact) mass is 520 g/mol. The number of benzene rings is 3. The Balaban J connectivity index is 1.85. The predicted molar refractivity (Wildman–Crippen MR) is 144 cm³/mol. The Morgan fingerprint density at radius 3 is 1.14 bits per heavy atom. The zero-order chi connectivity index (χ0) is 26.4. The second kappa shape index (κ2) is 9.26. The van der Waals surface area contributed by atoms with E-state index in [2.05, 4.69) is 8.80 Å². The number of rotatable bonds is 4. The van der Waals surface area contributed by atoms with E-state index in [1.165, 1.54) is 12.2 Å². The summed E-state index contributed by atoms with van der Waals surface area (Å²) in [7, 11) is -8.03. The minimum Gasteiger partial charge on any atom is -0.199 e. The summed E-state index contributed by atoms with van der Waals surface area (Å²) in [6.45, 7) is 10.8. The van der Waals surface area contributed by atoms with Gasteiger partial charge in [0.25, 0.3) is 20.0 Å². The quantitative estimate of drug-likeness (QED) is 0.456. The number of aryl methyl sites for hydroxylation is 6. The lowest BCUT2D eigenvalue weighted by Crippen LogP contribution is -2.17. The summed E-state index contributed by atoms with van der Waals surface area (Å²) in [6, 6.07) is 14.2. The van der Waals surface area contributed by atoms with Gasteiger partial charge in [-0.05, 0) is 75.9 Å². The molecule has 0 saturated carbocycles. The van der Waals surface area contributed by atoms with E-state index in [4.69, 9.17) is 0 Å². The molecule has 0 fully saturated rings. The maximum atomic E-state index is 13.3. The third kappa shape index (κ3) is 4.83. The van der Waals surface area contributed by atoms with Crippen molar-refractivity contribution < 1.29 is 16.8 Å². The van der Waals surface area contributed by atoms with E-state index >= 15 is 0 Å². The van der Waals surface area contributed by atoms with E-state index in [1.54, 1.807) is 52.0 Å². The lowest BCUT2D eigenvalue weighted by atomic mass is 9.94. The molecule has 0 saturated heterocycles. The zero-order valence-electron chi connectivity index (χ0n) is 21.1. The summed E-state index contributed by atoms with van der Waals surface area (Å²) in [6.07, 6.45) is 3.00. The van der Waals surface area contributed by atoms with Crippen molar-refractivity contribution in [1.29, 1.82) is 0 Å². The van der Waals surface area contributed by atoms with Crippen LogP contribution in [-0.4, -0.2) is 28.3 Å². The largest absolute Gasteiger partial charge is 0.283 e. The summed E-state index contributed by atoms with van der Waals surface area (Å²) in [5.41, 5.74) is 5.90. The Hall–Kier alpha value is -3.36. The van der Waals surface area contributed by atoms with Crippen LogP contribution < -0.4 is 0 Å². The molecule has 0 spiro atoms. The molecule has 1 aliphatic rings. The highest BCUT2D eigenvalue weighted by Crippen LogP contribution is 2.28. The Bertz CT molecular complexity index is 1540. The molecule has 3 aromatic carbocycles. The molecule has 0 N–H and O–H groups in total. The van der Waals surface area contributed by atoms with Crippen LogP contribution in [0.1, 0.15) is 44.5 Å². The standard InChI is InChI=1S/C28H28N2O4S2/c1-17-13-19(3)27(20(4)14-17)35(31,32)29-25-11-12-26(24-10-8-7-9-23(24)25)30-36(33,34)28-21(5)15-18(2)16-22(28)6/h7-16H,1-6H3/b29-25+,30-26+.